The van der Waals surface area contributed by atoms with E-state index in [1.54, 1.807) is 24.3 Å². The van der Waals surface area contributed by atoms with Crippen molar-refractivity contribution in [3.8, 4) is 16.9 Å². The van der Waals surface area contributed by atoms with Gasteiger partial charge in [0.15, 0.2) is 0 Å². The summed E-state index contributed by atoms with van der Waals surface area (Å²) in [6.07, 6.45) is -0.115. The van der Waals surface area contributed by atoms with Crippen LogP contribution in [-0.4, -0.2) is 27.9 Å². The topological polar surface area (TPSA) is 113 Å². The Bertz CT molecular complexity index is 1020. The molecule has 0 radical (unpaired) electrons. The van der Waals surface area contributed by atoms with Crippen LogP contribution in [0.1, 0.15) is 28.3 Å². The zero-order valence-corrected chi connectivity index (χ0v) is 16.5. The summed E-state index contributed by atoms with van der Waals surface area (Å²) in [7, 11) is 0. The summed E-state index contributed by atoms with van der Waals surface area (Å²) >= 11 is 0. The highest BCUT2D eigenvalue weighted by Gasteiger charge is 2.10. The first-order valence-corrected chi connectivity index (χ1v) is 9.63. The molecule has 6 heteroatoms. The van der Waals surface area contributed by atoms with Gasteiger partial charge in [-0.1, -0.05) is 42.5 Å². The molecule has 0 aromatic heterocycles. The van der Waals surface area contributed by atoms with Crippen molar-refractivity contribution in [3.63, 3.8) is 0 Å². The second-order valence-corrected chi connectivity index (χ2v) is 7.08. The molecule has 0 aliphatic rings. The number of aliphatic hydroxyl groups is 2. The minimum atomic E-state index is -0.920. The van der Waals surface area contributed by atoms with Crippen LogP contribution in [0.4, 0.5) is 0 Å². The highest BCUT2D eigenvalue weighted by atomic mass is 16.5. The maximum Gasteiger partial charge on any atom is 0.307 e. The quantitative estimate of drug-likeness (QED) is 0.434. The van der Waals surface area contributed by atoms with Crippen LogP contribution in [0.5, 0.6) is 5.75 Å². The second kappa shape index (κ2) is 10.0. The maximum absolute atomic E-state index is 11.1. The molecule has 0 fully saturated rings. The summed E-state index contributed by atoms with van der Waals surface area (Å²) < 4.78 is 5.90. The van der Waals surface area contributed by atoms with Gasteiger partial charge in [0.05, 0.1) is 25.7 Å². The maximum atomic E-state index is 11.1. The molecule has 1 unspecified atom stereocenters. The minimum absolute atomic E-state index is 0.115. The van der Waals surface area contributed by atoms with Crippen molar-refractivity contribution in [1.29, 1.82) is 0 Å². The first-order valence-electron chi connectivity index (χ1n) is 9.63. The van der Waals surface area contributed by atoms with Gasteiger partial charge in [-0.15, -0.1) is 0 Å². The summed E-state index contributed by atoms with van der Waals surface area (Å²) in [5.41, 5.74) is 10.8. The monoisotopic (exact) mass is 407 g/mol. The smallest absolute Gasteiger partial charge is 0.307 e. The summed E-state index contributed by atoms with van der Waals surface area (Å²) in [5, 5.41) is 28.1. The lowest BCUT2D eigenvalue weighted by atomic mass is 9.97. The number of para-hydroxylation sites is 1. The van der Waals surface area contributed by atoms with Crippen molar-refractivity contribution < 1.29 is 24.9 Å². The average Bonchev–Trinajstić information content (AvgIpc) is 2.77. The summed E-state index contributed by atoms with van der Waals surface area (Å²) in [6.45, 7) is -0.0332. The lowest BCUT2D eigenvalue weighted by Gasteiger charge is -2.14. The number of rotatable bonds is 9. The van der Waals surface area contributed by atoms with Gasteiger partial charge < -0.3 is 25.8 Å². The van der Waals surface area contributed by atoms with Crippen molar-refractivity contribution in [2.45, 2.75) is 25.7 Å². The molecule has 0 spiro atoms. The van der Waals surface area contributed by atoms with Crippen LogP contribution in [0, 0.1) is 0 Å². The number of nitrogens with two attached hydrogens (primary N) is 1. The van der Waals surface area contributed by atoms with Gasteiger partial charge in [0.1, 0.15) is 12.4 Å². The molecular weight excluding hydrogens is 382 g/mol. The Labute approximate surface area is 175 Å². The predicted molar refractivity (Wildman–Crippen MR) is 114 cm³/mol. The van der Waals surface area contributed by atoms with E-state index in [2.05, 4.69) is 0 Å². The Morgan fingerprint density at radius 3 is 2.43 bits per heavy atom. The van der Waals surface area contributed by atoms with E-state index in [9.17, 15) is 15.0 Å². The molecule has 0 bridgehead atoms. The molecule has 0 amide bonds. The second-order valence-electron chi connectivity index (χ2n) is 7.08. The van der Waals surface area contributed by atoms with Gasteiger partial charge in [0, 0.05) is 5.56 Å². The molecule has 3 rings (SSSR count). The number of carboxylic acids is 1. The van der Waals surface area contributed by atoms with E-state index in [0.717, 1.165) is 27.8 Å². The molecule has 156 valence electrons. The Hall–Kier alpha value is -3.19. The standard InChI is InChI=1S/C24H25NO5/c25-22(14-27)19-6-3-5-18(11-19)21-9-16(13-26)8-17(10-21)15-30-23-7-2-1-4-20(23)12-24(28)29/h1-11,22,26-27H,12-15,25H2,(H,28,29). The van der Waals surface area contributed by atoms with Gasteiger partial charge >= 0.3 is 5.97 Å². The van der Waals surface area contributed by atoms with E-state index in [1.165, 1.54) is 0 Å². The zero-order valence-electron chi connectivity index (χ0n) is 16.5. The van der Waals surface area contributed by atoms with Gasteiger partial charge in [-0.2, -0.15) is 0 Å². The molecule has 6 nitrogen and oxygen atoms in total. The fourth-order valence-electron chi connectivity index (χ4n) is 3.27. The molecule has 3 aromatic rings. The van der Waals surface area contributed by atoms with Crippen LogP contribution in [0.25, 0.3) is 11.1 Å². The Balaban J connectivity index is 1.87. The van der Waals surface area contributed by atoms with Gasteiger partial charge in [0.2, 0.25) is 0 Å². The number of aliphatic carboxylic acids is 1. The van der Waals surface area contributed by atoms with Crippen LogP contribution in [0.2, 0.25) is 0 Å². The van der Waals surface area contributed by atoms with Crippen molar-refractivity contribution in [2.24, 2.45) is 5.73 Å². The average molecular weight is 407 g/mol. The number of hydrogen-bond donors (Lipinski definition) is 4. The van der Waals surface area contributed by atoms with Crippen LogP contribution in [0.3, 0.4) is 0 Å². The van der Waals surface area contributed by atoms with Gasteiger partial charge in [-0.05, 0) is 52.1 Å². The SMILES string of the molecule is NC(CO)c1cccc(-c2cc(CO)cc(COc3ccccc3CC(=O)O)c2)c1. The molecule has 0 saturated carbocycles. The van der Waals surface area contributed by atoms with Crippen LogP contribution < -0.4 is 10.5 Å². The third-order valence-electron chi connectivity index (χ3n) is 4.79. The number of carbonyl (C=O) groups is 1. The summed E-state index contributed by atoms with van der Waals surface area (Å²) in [5.74, 6) is -0.400. The number of aliphatic hydroxyl groups excluding tert-OH is 2. The Kier molecular flexibility index (Phi) is 7.19. The summed E-state index contributed by atoms with van der Waals surface area (Å²) in [4.78, 5) is 11.1. The van der Waals surface area contributed by atoms with Crippen LogP contribution >= 0.6 is 0 Å². The first-order chi connectivity index (χ1) is 14.5. The normalized spacial score (nSPS) is 11.8. The molecular formula is C24H25NO5. The third-order valence-corrected chi connectivity index (χ3v) is 4.79. The predicted octanol–water partition coefficient (Wildman–Crippen LogP) is 3.04. The number of benzene rings is 3. The van der Waals surface area contributed by atoms with Gasteiger partial charge in [0.25, 0.3) is 0 Å². The minimum Gasteiger partial charge on any atom is -0.489 e. The van der Waals surface area contributed by atoms with Gasteiger partial charge in [-0.3, -0.25) is 4.79 Å². The number of hydrogen-bond acceptors (Lipinski definition) is 5. The fraction of sp³-hybridized carbons (Fsp3) is 0.208. The van der Waals surface area contributed by atoms with Crippen molar-refractivity contribution in [1.82, 2.24) is 0 Å². The molecule has 5 N–H and O–H groups in total. The zero-order chi connectivity index (χ0) is 21.5. The van der Waals surface area contributed by atoms with Crippen molar-refractivity contribution in [3.05, 3.63) is 89.0 Å². The summed E-state index contributed by atoms with van der Waals surface area (Å²) in [6, 6.07) is 19.9. The Morgan fingerprint density at radius 1 is 0.933 bits per heavy atom. The van der Waals surface area contributed by atoms with E-state index in [-0.39, 0.29) is 26.2 Å². The highest BCUT2D eigenvalue weighted by molar-refractivity contribution is 5.71. The lowest BCUT2D eigenvalue weighted by Crippen LogP contribution is -2.14. The van der Waals surface area contributed by atoms with E-state index in [4.69, 9.17) is 15.6 Å². The molecule has 0 aliphatic carbocycles. The molecule has 1 atom stereocenters. The molecule has 0 heterocycles. The van der Waals surface area contributed by atoms with Crippen LogP contribution in [-0.2, 0) is 24.4 Å². The fourth-order valence-corrected chi connectivity index (χ4v) is 3.27. The highest BCUT2D eigenvalue weighted by Crippen LogP contribution is 2.27. The number of carboxylic acid groups (broad SMARTS) is 1. The number of ether oxygens (including phenoxy) is 1. The molecule has 0 saturated heterocycles. The van der Waals surface area contributed by atoms with Crippen LogP contribution in [0.15, 0.2) is 66.7 Å². The van der Waals surface area contributed by atoms with E-state index in [0.29, 0.717) is 11.3 Å². The van der Waals surface area contributed by atoms with E-state index in [1.807, 2.05) is 42.5 Å². The van der Waals surface area contributed by atoms with E-state index >= 15 is 0 Å². The van der Waals surface area contributed by atoms with Gasteiger partial charge in [-0.25, -0.2) is 0 Å². The largest absolute Gasteiger partial charge is 0.489 e. The molecule has 30 heavy (non-hydrogen) atoms. The molecule has 0 aliphatic heterocycles. The third kappa shape index (κ3) is 5.45. The lowest BCUT2D eigenvalue weighted by molar-refractivity contribution is -0.136. The first kappa shape index (κ1) is 21.5. The van der Waals surface area contributed by atoms with Crippen molar-refractivity contribution >= 4 is 5.97 Å². The van der Waals surface area contributed by atoms with E-state index < -0.39 is 12.0 Å². The van der Waals surface area contributed by atoms with Crippen molar-refractivity contribution in [2.75, 3.05) is 6.61 Å². The Morgan fingerprint density at radius 2 is 1.70 bits per heavy atom. The molecule has 3 aromatic carbocycles.